The van der Waals surface area contributed by atoms with Crippen LogP contribution in [0.2, 0.25) is 0 Å². The summed E-state index contributed by atoms with van der Waals surface area (Å²) in [5.74, 6) is 1.87. The standard InChI is InChI=1S/C20H26N4O2S2/c1-20(14-4-6-24(7-5-14)17(25)16-10-27-11-21-16)18(26)23-19(28-20)22-15-9-12-2-3-13(15)8-12/h10-15H,2-9H2,1H3,(H,22,23,26)/t12-,13+,15+,20?/m1/s1. The minimum Gasteiger partial charge on any atom is -0.361 e. The average molecular weight is 419 g/mol. The predicted molar refractivity (Wildman–Crippen MR) is 112 cm³/mol. The van der Waals surface area contributed by atoms with Gasteiger partial charge in [0, 0.05) is 24.5 Å². The topological polar surface area (TPSA) is 74.7 Å². The van der Waals surface area contributed by atoms with E-state index in [1.807, 2.05) is 11.8 Å². The summed E-state index contributed by atoms with van der Waals surface area (Å²) in [7, 11) is 0. The van der Waals surface area contributed by atoms with Gasteiger partial charge in [0.2, 0.25) is 0 Å². The van der Waals surface area contributed by atoms with Crippen molar-refractivity contribution in [1.82, 2.24) is 15.2 Å². The van der Waals surface area contributed by atoms with E-state index in [0.29, 0.717) is 24.8 Å². The van der Waals surface area contributed by atoms with Gasteiger partial charge in [0.1, 0.15) is 10.4 Å². The van der Waals surface area contributed by atoms with E-state index in [9.17, 15) is 9.59 Å². The Morgan fingerprint density at radius 2 is 2.07 bits per heavy atom. The van der Waals surface area contributed by atoms with Gasteiger partial charge in [-0.25, -0.2) is 4.98 Å². The number of hydrogen-bond donors (Lipinski definition) is 1. The summed E-state index contributed by atoms with van der Waals surface area (Å²) in [4.78, 5) is 35.7. The zero-order valence-corrected chi connectivity index (χ0v) is 17.7. The number of thiazole rings is 1. The lowest BCUT2D eigenvalue weighted by atomic mass is 9.84. The summed E-state index contributed by atoms with van der Waals surface area (Å²) >= 11 is 3.07. The molecule has 2 saturated carbocycles. The normalized spacial score (nSPS) is 35.5. The number of hydrogen-bond acceptors (Lipinski definition) is 6. The number of likely N-dealkylation sites (tertiary alicyclic amines) is 1. The third-order valence-corrected chi connectivity index (χ3v) is 9.12. The fourth-order valence-electron chi connectivity index (χ4n) is 5.48. The third kappa shape index (κ3) is 3.18. The number of amides is 2. The Labute approximate surface area is 173 Å². The third-order valence-electron chi connectivity index (χ3n) is 7.20. The van der Waals surface area contributed by atoms with Gasteiger partial charge < -0.3 is 10.2 Å². The van der Waals surface area contributed by atoms with Crippen molar-refractivity contribution in [1.29, 1.82) is 0 Å². The molecule has 1 saturated heterocycles. The molecule has 2 aliphatic heterocycles. The minimum atomic E-state index is -0.504. The molecule has 0 spiro atoms. The number of aromatic nitrogens is 1. The Kier molecular flexibility index (Phi) is 4.74. The molecular weight excluding hydrogens is 392 g/mol. The van der Waals surface area contributed by atoms with Crippen LogP contribution in [0, 0.1) is 17.8 Å². The van der Waals surface area contributed by atoms with E-state index in [1.54, 1.807) is 22.7 Å². The van der Waals surface area contributed by atoms with Crippen LogP contribution < -0.4 is 5.32 Å². The number of nitrogens with zero attached hydrogens (tertiary/aromatic N) is 3. The average Bonchev–Trinajstić information content (AvgIpc) is 3.48. The molecule has 0 radical (unpaired) electrons. The van der Waals surface area contributed by atoms with Crippen molar-refractivity contribution in [3.63, 3.8) is 0 Å². The molecule has 4 aliphatic rings. The highest BCUT2D eigenvalue weighted by atomic mass is 32.2. The molecule has 1 unspecified atom stereocenters. The lowest BCUT2D eigenvalue weighted by Crippen LogP contribution is -2.46. The van der Waals surface area contributed by atoms with E-state index < -0.39 is 4.75 Å². The highest BCUT2D eigenvalue weighted by molar-refractivity contribution is 8.16. The van der Waals surface area contributed by atoms with Crippen LogP contribution in [0.15, 0.2) is 15.9 Å². The molecule has 5 rings (SSSR count). The summed E-state index contributed by atoms with van der Waals surface area (Å²) in [5, 5.41) is 6.22. The Hall–Kier alpha value is -1.41. The van der Waals surface area contributed by atoms with Crippen LogP contribution in [0.1, 0.15) is 55.9 Å². The maximum absolute atomic E-state index is 12.8. The number of carbonyl (C=O) groups is 2. The maximum atomic E-state index is 12.8. The van der Waals surface area contributed by atoms with Gasteiger partial charge in [-0.2, -0.15) is 4.99 Å². The minimum absolute atomic E-state index is 0.00477. The molecule has 0 aromatic carbocycles. The number of carbonyl (C=O) groups excluding carboxylic acids is 2. The molecule has 4 atom stereocenters. The fourth-order valence-corrected chi connectivity index (χ4v) is 7.29. The van der Waals surface area contributed by atoms with Crippen molar-refractivity contribution >= 4 is 40.1 Å². The summed E-state index contributed by atoms with van der Waals surface area (Å²) in [6.07, 6.45) is 6.93. The van der Waals surface area contributed by atoms with Gasteiger partial charge in [0.05, 0.1) is 5.51 Å². The van der Waals surface area contributed by atoms with Gasteiger partial charge in [-0.15, -0.1) is 11.3 Å². The fraction of sp³-hybridized carbons (Fsp3) is 0.700. The van der Waals surface area contributed by atoms with Crippen molar-refractivity contribution in [3.05, 3.63) is 16.6 Å². The van der Waals surface area contributed by atoms with E-state index in [-0.39, 0.29) is 17.7 Å². The molecule has 28 heavy (non-hydrogen) atoms. The number of amidine groups is 1. The number of aliphatic imine (C=N–C) groups is 1. The van der Waals surface area contributed by atoms with E-state index >= 15 is 0 Å². The molecule has 1 aromatic rings. The largest absolute Gasteiger partial charge is 0.361 e. The lowest BCUT2D eigenvalue weighted by Gasteiger charge is -2.38. The first-order chi connectivity index (χ1) is 13.5. The summed E-state index contributed by atoms with van der Waals surface area (Å²) < 4.78 is -0.504. The number of piperidine rings is 1. The van der Waals surface area contributed by atoms with Crippen molar-refractivity contribution in [2.45, 2.75) is 56.2 Å². The first kappa shape index (κ1) is 18.6. The molecule has 150 valence electrons. The van der Waals surface area contributed by atoms with Gasteiger partial charge in [-0.1, -0.05) is 18.2 Å². The van der Waals surface area contributed by atoms with E-state index in [2.05, 4.69) is 15.3 Å². The second kappa shape index (κ2) is 7.13. The van der Waals surface area contributed by atoms with Crippen molar-refractivity contribution in [3.8, 4) is 0 Å². The molecular formula is C20H26N4O2S2. The monoisotopic (exact) mass is 418 g/mol. The number of rotatable bonds is 3. The van der Waals surface area contributed by atoms with Crippen molar-refractivity contribution < 1.29 is 9.59 Å². The molecule has 6 nitrogen and oxygen atoms in total. The highest BCUT2D eigenvalue weighted by Crippen LogP contribution is 2.47. The first-order valence-electron chi connectivity index (χ1n) is 10.3. The summed E-state index contributed by atoms with van der Waals surface area (Å²) in [6.45, 7) is 3.40. The molecule has 3 heterocycles. The molecule has 1 N–H and O–H groups in total. The van der Waals surface area contributed by atoms with Gasteiger partial charge in [-0.05, 0) is 56.8 Å². The van der Waals surface area contributed by atoms with Crippen LogP contribution in [-0.2, 0) is 4.79 Å². The maximum Gasteiger partial charge on any atom is 0.273 e. The molecule has 2 amide bonds. The quantitative estimate of drug-likeness (QED) is 0.816. The van der Waals surface area contributed by atoms with E-state index in [1.165, 1.54) is 37.0 Å². The van der Waals surface area contributed by atoms with Gasteiger partial charge in [0.25, 0.3) is 11.8 Å². The van der Waals surface area contributed by atoms with E-state index in [4.69, 9.17) is 0 Å². The lowest BCUT2D eigenvalue weighted by molar-refractivity contribution is -0.121. The Morgan fingerprint density at radius 1 is 1.25 bits per heavy atom. The SMILES string of the molecule is CC1(C2CCN(C(=O)c3cscn3)CC2)SC(N[C@H]2C[C@@H]3CC[C@H]2C3)=NC1=O. The van der Waals surface area contributed by atoms with Crippen LogP contribution in [-0.4, -0.2) is 50.7 Å². The highest BCUT2D eigenvalue weighted by Gasteiger charge is 2.49. The molecule has 1 aromatic heterocycles. The molecule has 2 bridgehead atoms. The van der Waals surface area contributed by atoms with Crippen LogP contribution in [0.4, 0.5) is 0 Å². The Morgan fingerprint density at radius 3 is 2.71 bits per heavy atom. The van der Waals surface area contributed by atoms with Crippen molar-refractivity contribution in [2.24, 2.45) is 22.7 Å². The Balaban J connectivity index is 1.19. The first-order valence-corrected chi connectivity index (χ1v) is 12.0. The van der Waals surface area contributed by atoms with Gasteiger partial charge >= 0.3 is 0 Å². The second-order valence-corrected chi connectivity index (χ2v) is 11.0. The van der Waals surface area contributed by atoms with Crippen LogP contribution in [0.5, 0.6) is 0 Å². The molecule has 8 heteroatoms. The number of thioether (sulfide) groups is 1. The van der Waals surface area contributed by atoms with Gasteiger partial charge in [-0.3, -0.25) is 9.59 Å². The second-order valence-electron chi connectivity index (χ2n) is 8.80. The van der Waals surface area contributed by atoms with Gasteiger partial charge in [0.15, 0.2) is 5.17 Å². The molecule has 3 fully saturated rings. The smallest absolute Gasteiger partial charge is 0.273 e. The van der Waals surface area contributed by atoms with Crippen LogP contribution in [0.3, 0.4) is 0 Å². The van der Waals surface area contributed by atoms with Crippen molar-refractivity contribution in [2.75, 3.05) is 13.1 Å². The van der Waals surface area contributed by atoms with E-state index in [0.717, 1.165) is 29.8 Å². The number of fused-ring (bicyclic) bond motifs is 2. The zero-order valence-electron chi connectivity index (χ0n) is 16.1. The van der Waals surface area contributed by atoms with Crippen LogP contribution >= 0.6 is 23.1 Å². The summed E-state index contributed by atoms with van der Waals surface area (Å²) in [6, 6.07) is 0.498. The van der Waals surface area contributed by atoms with Crippen LogP contribution in [0.25, 0.3) is 0 Å². The molecule has 2 aliphatic carbocycles. The number of nitrogens with one attached hydrogen (secondary N) is 1. The summed E-state index contributed by atoms with van der Waals surface area (Å²) in [5.41, 5.74) is 2.22. The Bertz CT molecular complexity index is 803. The predicted octanol–water partition coefficient (Wildman–Crippen LogP) is 3.16. The zero-order chi connectivity index (χ0) is 19.3.